The van der Waals surface area contributed by atoms with E-state index in [-0.39, 0.29) is 0 Å². The smallest absolute Gasteiger partial charge is 0.0458 e. The molecule has 2 rings (SSSR count). The zero-order valence-electron chi connectivity index (χ0n) is 5.13. The first-order valence-corrected chi connectivity index (χ1v) is 5.64. The molecule has 0 saturated heterocycles. The molecule has 0 unspecified atom stereocenters. The van der Waals surface area contributed by atoms with Crippen molar-refractivity contribution in [2.45, 2.75) is 10.6 Å². The maximum Gasteiger partial charge on any atom is 0.0458 e. The summed E-state index contributed by atoms with van der Waals surface area (Å²) in [6.07, 6.45) is 0. The van der Waals surface area contributed by atoms with Gasteiger partial charge in [-0.3, -0.25) is 0 Å². The van der Waals surface area contributed by atoms with Crippen LogP contribution in [0.25, 0.3) is 0 Å². The summed E-state index contributed by atoms with van der Waals surface area (Å²) in [6, 6.07) is 6.07. The van der Waals surface area contributed by atoms with Crippen LogP contribution < -0.4 is 0 Å². The number of hydrogen-bond donors (Lipinski definition) is 0. The maximum atomic E-state index is 5.94. The Kier molecular flexibility index (Phi) is 1.85. The van der Waals surface area contributed by atoms with Gasteiger partial charge in [0.05, 0.1) is 0 Å². The Hall–Kier alpha value is 0.210. The summed E-state index contributed by atoms with van der Waals surface area (Å²) >= 11 is 5.94. The van der Waals surface area contributed by atoms with Crippen molar-refractivity contribution >= 4 is 33.2 Å². The van der Waals surface area contributed by atoms with E-state index >= 15 is 0 Å². The molecule has 0 saturated carbocycles. The van der Waals surface area contributed by atoms with Gasteiger partial charge in [-0.05, 0) is 17.7 Å². The molecule has 0 aromatic heterocycles. The van der Waals surface area contributed by atoms with Crippen LogP contribution in [0.1, 0.15) is 5.56 Å². The van der Waals surface area contributed by atoms with E-state index in [1.807, 2.05) is 33.7 Å². The number of fused-ring (bicyclic) bond motifs is 1. The van der Waals surface area contributed by atoms with E-state index < -0.39 is 0 Å². The number of rotatable bonds is 0. The monoisotopic (exact) mass is 188 g/mol. The second-order valence-corrected chi connectivity index (χ2v) is 4.81. The van der Waals surface area contributed by atoms with Gasteiger partial charge in [-0.1, -0.05) is 39.3 Å². The van der Waals surface area contributed by atoms with Gasteiger partial charge in [-0.2, -0.15) is 0 Å². The van der Waals surface area contributed by atoms with E-state index in [1.165, 1.54) is 10.5 Å². The molecular formula is C7H5ClS2. The average molecular weight is 189 g/mol. The van der Waals surface area contributed by atoms with Gasteiger partial charge >= 0.3 is 0 Å². The van der Waals surface area contributed by atoms with Gasteiger partial charge in [-0.25, -0.2) is 0 Å². The molecule has 1 aliphatic heterocycles. The first-order valence-electron chi connectivity index (χ1n) is 2.95. The van der Waals surface area contributed by atoms with E-state index in [0.717, 1.165) is 10.8 Å². The third-order valence-corrected chi connectivity index (χ3v) is 4.11. The highest BCUT2D eigenvalue weighted by atomic mass is 35.5. The molecule has 0 bridgehead atoms. The van der Waals surface area contributed by atoms with Crippen LogP contribution in [-0.4, -0.2) is 0 Å². The lowest BCUT2D eigenvalue weighted by Crippen LogP contribution is -1.77. The normalized spacial score (nSPS) is 15.3. The topological polar surface area (TPSA) is 0 Å². The van der Waals surface area contributed by atoms with E-state index in [4.69, 9.17) is 11.6 Å². The summed E-state index contributed by atoms with van der Waals surface area (Å²) in [4.78, 5) is 1.33. The first kappa shape index (κ1) is 6.89. The minimum absolute atomic E-state index is 0.912. The van der Waals surface area contributed by atoms with Crippen molar-refractivity contribution in [1.82, 2.24) is 0 Å². The summed E-state index contributed by atoms with van der Waals surface area (Å²) in [7, 11) is 3.66. The van der Waals surface area contributed by atoms with Gasteiger partial charge < -0.3 is 0 Å². The Morgan fingerprint density at radius 3 is 3.10 bits per heavy atom. The van der Waals surface area contributed by atoms with Crippen LogP contribution in [0.2, 0.25) is 5.02 Å². The first-order chi connectivity index (χ1) is 4.88. The van der Waals surface area contributed by atoms with Gasteiger partial charge in [0.1, 0.15) is 0 Å². The van der Waals surface area contributed by atoms with Gasteiger partial charge in [-0.15, -0.1) is 0 Å². The minimum atomic E-state index is 0.912. The molecule has 10 heavy (non-hydrogen) atoms. The van der Waals surface area contributed by atoms with E-state index in [9.17, 15) is 0 Å². The van der Waals surface area contributed by atoms with Gasteiger partial charge in [0.2, 0.25) is 0 Å². The minimum Gasteiger partial charge on any atom is -0.0840 e. The van der Waals surface area contributed by atoms with Crippen molar-refractivity contribution < 1.29 is 0 Å². The molecule has 0 atom stereocenters. The van der Waals surface area contributed by atoms with Crippen molar-refractivity contribution in [2.24, 2.45) is 0 Å². The molecule has 0 radical (unpaired) electrons. The highest BCUT2D eigenvalue weighted by Gasteiger charge is 2.13. The van der Waals surface area contributed by atoms with E-state index in [1.54, 1.807) is 0 Å². The molecule has 0 amide bonds. The van der Waals surface area contributed by atoms with E-state index in [2.05, 4.69) is 6.07 Å². The predicted octanol–water partition coefficient (Wildman–Crippen LogP) is 3.59. The highest BCUT2D eigenvalue weighted by molar-refractivity contribution is 8.76. The van der Waals surface area contributed by atoms with Crippen molar-refractivity contribution in [3.63, 3.8) is 0 Å². The highest BCUT2D eigenvalue weighted by Crippen LogP contribution is 2.46. The number of hydrogen-bond acceptors (Lipinski definition) is 2. The standard InChI is InChI=1S/C7H5ClS2/c8-6-2-1-3-7-5(6)4-9-10-7/h1-3H,4H2. The molecule has 1 aliphatic rings. The molecule has 0 aliphatic carbocycles. The molecule has 0 nitrogen and oxygen atoms in total. The lowest BCUT2D eigenvalue weighted by atomic mass is 10.2. The second-order valence-electron chi connectivity index (χ2n) is 2.06. The Labute approximate surface area is 72.7 Å². The predicted molar refractivity (Wildman–Crippen MR) is 48.6 cm³/mol. The molecule has 0 fully saturated rings. The Morgan fingerprint density at radius 2 is 2.30 bits per heavy atom. The molecule has 0 spiro atoms. The van der Waals surface area contributed by atoms with Crippen LogP contribution in [0.15, 0.2) is 23.1 Å². The van der Waals surface area contributed by atoms with Crippen LogP contribution in [0.5, 0.6) is 0 Å². The average Bonchev–Trinajstić information content (AvgIpc) is 2.36. The Bertz CT molecular complexity index is 260. The summed E-state index contributed by atoms with van der Waals surface area (Å²) in [6.45, 7) is 0. The zero-order chi connectivity index (χ0) is 6.97. The molecular weight excluding hydrogens is 184 g/mol. The fourth-order valence-electron chi connectivity index (χ4n) is 0.909. The van der Waals surface area contributed by atoms with Gasteiger partial charge in [0.25, 0.3) is 0 Å². The number of benzene rings is 1. The Morgan fingerprint density at radius 1 is 1.40 bits per heavy atom. The molecule has 1 aromatic rings. The Balaban J connectivity index is 2.59. The fourth-order valence-corrected chi connectivity index (χ4v) is 3.79. The van der Waals surface area contributed by atoms with Crippen molar-refractivity contribution in [1.29, 1.82) is 0 Å². The van der Waals surface area contributed by atoms with Crippen LogP contribution in [0, 0.1) is 0 Å². The van der Waals surface area contributed by atoms with Crippen LogP contribution in [0.4, 0.5) is 0 Å². The van der Waals surface area contributed by atoms with Crippen molar-refractivity contribution in [3.8, 4) is 0 Å². The van der Waals surface area contributed by atoms with Gasteiger partial charge in [0.15, 0.2) is 0 Å². The number of halogens is 1. The fraction of sp³-hybridized carbons (Fsp3) is 0.143. The quantitative estimate of drug-likeness (QED) is 0.571. The van der Waals surface area contributed by atoms with E-state index in [0.29, 0.717) is 0 Å². The second kappa shape index (κ2) is 2.68. The van der Waals surface area contributed by atoms with Crippen molar-refractivity contribution in [2.75, 3.05) is 0 Å². The van der Waals surface area contributed by atoms with Crippen LogP contribution in [-0.2, 0) is 5.75 Å². The lowest BCUT2D eigenvalue weighted by Gasteiger charge is -1.96. The lowest BCUT2D eigenvalue weighted by molar-refractivity contribution is 1.29. The third kappa shape index (κ3) is 1.04. The van der Waals surface area contributed by atoms with Crippen molar-refractivity contribution in [3.05, 3.63) is 28.8 Å². The largest absolute Gasteiger partial charge is 0.0840 e. The molecule has 52 valence electrons. The maximum absolute atomic E-state index is 5.94. The van der Waals surface area contributed by atoms with Crippen LogP contribution >= 0.6 is 33.2 Å². The summed E-state index contributed by atoms with van der Waals surface area (Å²) < 4.78 is 0. The van der Waals surface area contributed by atoms with Gasteiger partial charge in [0, 0.05) is 15.7 Å². The SMILES string of the molecule is Clc1cccc2c1CSS2. The zero-order valence-corrected chi connectivity index (χ0v) is 7.52. The van der Waals surface area contributed by atoms with Crippen LogP contribution in [0.3, 0.4) is 0 Å². The summed E-state index contributed by atoms with van der Waals surface area (Å²) in [5.74, 6) is 1.06. The molecule has 1 aromatic carbocycles. The molecule has 1 heterocycles. The third-order valence-electron chi connectivity index (χ3n) is 1.43. The summed E-state index contributed by atoms with van der Waals surface area (Å²) in [5.41, 5.74) is 1.30. The summed E-state index contributed by atoms with van der Waals surface area (Å²) in [5, 5.41) is 0.912. The molecule has 3 heteroatoms. The molecule has 0 N–H and O–H groups in total.